The summed E-state index contributed by atoms with van der Waals surface area (Å²) < 4.78 is 43.9. The van der Waals surface area contributed by atoms with Crippen LogP contribution >= 0.6 is 0 Å². The standard InChI is InChI=1S/C44H41N3O/c1-43(2,3)33-24-31(23-32(25-33)38-26-30(21-22-45-38)29-15-9-7-10-16-29)37-27-34(44(4,5)6)28-39-41(37)46-42(36-19-13-14-20-40(36)48)47(39)35-17-11-8-12-18-35/h7-28,48H,1-6H3/i7D,9D,10D,15D,16D. The summed E-state index contributed by atoms with van der Waals surface area (Å²) in [5.74, 6) is 0.761. The maximum Gasteiger partial charge on any atom is 0.149 e. The first-order valence-electron chi connectivity index (χ1n) is 18.6. The van der Waals surface area contributed by atoms with Crippen molar-refractivity contribution in [2.45, 2.75) is 52.4 Å². The Kier molecular flexibility index (Phi) is 6.37. The van der Waals surface area contributed by atoms with Gasteiger partial charge < -0.3 is 5.11 Å². The molecule has 0 spiro atoms. The molecule has 0 aliphatic rings. The molecule has 7 aromatic rings. The maximum absolute atomic E-state index is 11.1. The van der Waals surface area contributed by atoms with Gasteiger partial charge in [0.05, 0.1) is 29.1 Å². The Labute approximate surface area is 290 Å². The number of hydrogen-bond acceptors (Lipinski definition) is 3. The maximum atomic E-state index is 11.1. The molecule has 4 heteroatoms. The Hall–Kier alpha value is -5.48. The summed E-state index contributed by atoms with van der Waals surface area (Å²) in [6, 6.07) is 29.9. The van der Waals surface area contributed by atoms with Crippen molar-refractivity contribution in [3.8, 4) is 56.3 Å². The molecule has 0 saturated carbocycles. The molecule has 5 aromatic carbocycles. The largest absolute Gasteiger partial charge is 0.507 e. The fourth-order valence-electron chi connectivity index (χ4n) is 6.01. The first kappa shape index (κ1) is 25.6. The molecule has 0 bridgehead atoms. The number of imidazole rings is 1. The Morgan fingerprint density at radius 1 is 0.625 bits per heavy atom. The molecule has 7 rings (SSSR count). The molecule has 2 aromatic heterocycles. The van der Waals surface area contributed by atoms with Crippen molar-refractivity contribution < 1.29 is 12.0 Å². The van der Waals surface area contributed by atoms with Crippen LogP contribution in [0, 0.1) is 0 Å². The summed E-state index contributed by atoms with van der Waals surface area (Å²) >= 11 is 0. The Bertz CT molecular complexity index is 2520. The van der Waals surface area contributed by atoms with E-state index in [9.17, 15) is 5.11 Å². The zero-order valence-corrected chi connectivity index (χ0v) is 28.1. The Morgan fingerprint density at radius 3 is 2.00 bits per heavy atom. The number of fused-ring (bicyclic) bond motifs is 1. The minimum absolute atomic E-state index is 0.134. The summed E-state index contributed by atoms with van der Waals surface area (Å²) in [5, 5.41) is 11.1. The third-order valence-corrected chi connectivity index (χ3v) is 8.74. The van der Waals surface area contributed by atoms with E-state index in [1.807, 2.05) is 42.5 Å². The summed E-state index contributed by atoms with van der Waals surface area (Å²) in [7, 11) is 0. The lowest BCUT2D eigenvalue weighted by molar-refractivity contribution is 0.477. The number of benzene rings is 5. The van der Waals surface area contributed by atoms with Gasteiger partial charge >= 0.3 is 0 Å². The fraction of sp³-hybridized carbons (Fsp3) is 0.182. The van der Waals surface area contributed by atoms with E-state index in [-0.39, 0.29) is 46.3 Å². The molecule has 0 unspecified atom stereocenters. The second kappa shape index (κ2) is 12.0. The zero-order valence-electron chi connectivity index (χ0n) is 33.1. The molecule has 2 heterocycles. The molecule has 0 radical (unpaired) electrons. The smallest absolute Gasteiger partial charge is 0.149 e. The Balaban J connectivity index is 1.53. The topological polar surface area (TPSA) is 50.9 Å². The van der Waals surface area contributed by atoms with Crippen molar-refractivity contribution in [3.63, 3.8) is 0 Å². The van der Waals surface area contributed by atoms with E-state index in [1.165, 1.54) is 0 Å². The predicted molar refractivity (Wildman–Crippen MR) is 200 cm³/mol. The average Bonchev–Trinajstić information content (AvgIpc) is 3.52. The SMILES string of the molecule is [2H]c1c([2H])c([2H])c(-c2ccnc(-c3cc(-c4cc(C(C)(C)C)cc5c4nc(-c4ccccc4O)n5-c4ccccc4)cc(C(C)(C)C)c3)c2)c([2H])c1[2H]. The van der Waals surface area contributed by atoms with Crippen LogP contribution < -0.4 is 0 Å². The minimum atomic E-state index is -0.426. The summed E-state index contributed by atoms with van der Waals surface area (Å²) in [6.07, 6.45) is 1.62. The van der Waals surface area contributed by atoms with Crippen molar-refractivity contribution in [1.82, 2.24) is 14.5 Å². The third-order valence-electron chi connectivity index (χ3n) is 8.74. The monoisotopic (exact) mass is 632 g/mol. The van der Waals surface area contributed by atoms with Crippen LogP contribution in [0.1, 0.15) is 59.5 Å². The number of phenolic OH excluding ortho intramolecular Hbond substituents is 1. The molecule has 0 saturated heterocycles. The van der Waals surface area contributed by atoms with Gasteiger partial charge in [-0.1, -0.05) is 108 Å². The molecule has 48 heavy (non-hydrogen) atoms. The summed E-state index contributed by atoms with van der Waals surface area (Å²) in [4.78, 5) is 10.0. The highest BCUT2D eigenvalue weighted by Gasteiger charge is 2.25. The van der Waals surface area contributed by atoms with E-state index in [0.29, 0.717) is 22.6 Å². The third kappa shape index (κ3) is 5.91. The molecule has 1 N–H and O–H groups in total. The van der Waals surface area contributed by atoms with Crippen LogP contribution in [0.4, 0.5) is 0 Å². The number of para-hydroxylation sites is 2. The number of nitrogens with zero attached hydrogens (tertiary/aromatic N) is 3. The molecule has 0 fully saturated rings. The second-order valence-electron chi connectivity index (χ2n) is 14.2. The Morgan fingerprint density at radius 2 is 1.29 bits per heavy atom. The zero-order chi connectivity index (χ0) is 38.0. The normalized spacial score (nSPS) is 13.5. The molecule has 0 atom stereocenters. The quantitative estimate of drug-likeness (QED) is 0.205. The van der Waals surface area contributed by atoms with Crippen LogP contribution in [0.5, 0.6) is 5.75 Å². The van der Waals surface area contributed by atoms with Gasteiger partial charge in [-0.3, -0.25) is 9.55 Å². The van der Waals surface area contributed by atoms with Crippen LogP contribution in [0.15, 0.2) is 133 Å². The van der Waals surface area contributed by atoms with Gasteiger partial charge in [0.25, 0.3) is 0 Å². The van der Waals surface area contributed by atoms with Crippen LogP contribution in [0.25, 0.3) is 61.6 Å². The summed E-state index contributed by atoms with van der Waals surface area (Å²) in [6.45, 7) is 13.1. The highest BCUT2D eigenvalue weighted by molar-refractivity contribution is 5.97. The van der Waals surface area contributed by atoms with Gasteiger partial charge in [-0.15, -0.1) is 0 Å². The minimum Gasteiger partial charge on any atom is -0.507 e. The van der Waals surface area contributed by atoms with Crippen molar-refractivity contribution >= 4 is 11.0 Å². The number of phenols is 1. The van der Waals surface area contributed by atoms with E-state index >= 15 is 0 Å². The number of aromatic nitrogens is 3. The molecule has 238 valence electrons. The number of hydrogen-bond donors (Lipinski definition) is 1. The fourth-order valence-corrected chi connectivity index (χ4v) is 6.01. The lowest BCUT2D eigenvalue weighted by atomic mass is 9.82. The molecule has 0 aliphatic heterocycles. The van der Waals surface area contributed by atoms with Gasteiger partial charge in [0.1, 0.15) is 11.6 Å². The van der Waals surface area contributed by atoms with Crippen LogP contribution in [-0.4, -0.2) is 19.6 Å². The molecule has 0 aliphatic carbocycles. The number of aromatic hydroxyl groups is 1. The second-order valence-corrected chi connectivity index (χ2v) is 14.2. The highest BCUT2D eigenvalue weighted by atomic mass is 16.3. The van der Waals surface area contributed by atoms with Crippen LogP contribution in [-0.2, 0) is 10.8 Å². The summed E-state index contributed by atoms with van der Waals surface area (Å²) in [5.41, 5.74) is 8.84. The van der Waals surface area contributed by atoms with E-state index in [1.54, 1.807) is 30.5 Å². The highest BCUT2D eigenvalue weighted by Crippen LogP contribution is 2.42. The van der Waals surface area contributed by atoms with Gasteiger partial charge in [0, 0.05) is 23.0 Å². The van der Waals surface area contributed by atoms with Crippen molar-refractivity contribution in [1.29, 1.82) is 0 Å². The lowest BCUT2D eigenvalue weighted by Gasteiger charge is -2.23. The number of pyridine rings is 1. The van der Waals surface area contributed by atoms with Crippen LogP contribution in [0.3, 0.4) is 0 Å². The van der Waals surface area contributed by atoms with E-state index < -0.39 is 6.04 Å². The van der Waals surface area contributed by atoms with E-state index in [4.69, 9.17) is 16.8 Å². The average molecular weight is 633 g/mol. The van der Waals surface area contributed by atoms with Gasteiger partial charge in [0.15, 0.2) is 0 Å². The van der Waals surface area contributed by atoms with Gasteiger partial charge in [-0.25, -0.2) is 4.98 Å². The van der Waals surface area contributed by atoms with E-state index in [2.05, 4.69) is 76.4 Å². The molecule has 0 amide bonds. The lowest BCUT2D eigenvalue weighted by Crippen LogP contribution is -2.12. The first-order valence-corrected chi connectivity index (χ1v) is 16.1. The van der Waals surface area contributed by atoms with Crippen molar-refractivity contribution in [2.24, 2.45) is 0 Å². The molecular weight excluding hydrogens is 587 g/mol. The molecular formula is C44H41N3O. The molecule has 4 nitrogen and oxygen atoms in total. The van der Waals surface area contributed by atoms with Crippen molar-refractivity contribution in [2.75, 3.05) is 0 Å². The number of rotatable bonds is 5. The van der Waals surface area contributed by atoms with Crippen LogP contribution in [0.2, 0.25) is 0 Å². The van der Waals surface area contributed by atoms with E-state index in [0.717, 1.165) is 44.5 Å². The first-order chi connectivity index (χ1) is 25.0. The van der Waals surface area contributed by atoms with Gasteiger partial charge in [-0.05, 0) is 99.3 Å². The van der Waals surface area contributed by atoms with Gasteiger partial charge in [0.2, 0.25) is 0 Å². The van der Waals surface area contributed by atoms with Crippen molar-refractivity contribution in [3.05, 3.63) is 145 Å². The predicted octanol–water partition coefficient (Wildman–Crippen LogP) is 11.4. The van der Waals surface area contributed by atoms with Gasteiger partial charge in [-0.2, -0.15) is 0 Å².